The van der Waals surface area contributed by atoms with Crippen molar-refractivity contribution in [3.05, 3.63) is 24.2 Å². The van der Waals surface area contributed by atoms with Crippen molar-refractivity contribution >= 4 is 0 Å². The molecule has 17 heavy (non-hydrogen) atoms. The Morgan fingerprint density at radius 1 is 1.35 bits per heavy atom. The van der Waals surface area contributed by atoms with E-state index in [-0.39, 0.29) is 26.4 Å². The van der Waals surface area contributed by atoms with Crippen LogP contribution in [0.25, 0.3) is 0 Å². The number of ether oxygens (including phenoxy) is 1. The molecular weight excluding hydrogens is 226 g/mol. The zero-order chi connectivity index (χ0) is 12.5. The van der Waals surface area contributed by atoms with Gasteiger partial charge >= 0.3 is 0 Å². The molecule has 1 heterocycles. The van der Waals surface area contributed by atoms with E-state index in [1.165, 1.54) is 0 Å². The lowest BCUT2D eigenvalue weighted by atomic mass is 10.3. The van der Waals surface area contributed by atoms with Crippen LogP contribution in [0, 0.1) is 0 Å². The van der Waals surface area contributed by atoms with Crippen molar-refractivity contribution in [3.63, 3.8) is 0 Å². The van der Waals surface area contributed by atoms with Crippen molar-refractivity contribution in [2.24, 2.45) is 0 Å². The van der Waals surface area contributed by atoms with Crippen molar-refractivity contribution in [2.45, 2.75) is 18.8 Å². The van der Waals surface area contributed by atoms with Crippen LogP contribution < -0.4 is 5.32 Å². The van der Waals surface area contributed by atoms with Gasteiger partial charge in [0.15, 0.2) is 0 Å². The molecule has 1 aromatic rings. The van der Waals surface area contributed by atoms with Crippen molar-refractivity contribution < 1.29 is 24.5 Å². The summed E-state index contributed by atoms with van der Waals surface area (Å²) in [5.74, 6) is 0.703. The second-order valence-corrected chi connectivity index (χ2v) is 3.72. The van der Waals surface area contributed by atoms with Gasteiger partial charge in [0.05, 0.1) is 38.2 Å². The van der Waals surface area contributed by atoms with Crippen LogP contribution in [0.4, 0.5) is 0 Å². The largest absolute Gasteiger partial charge is 0.467 e. The molecule has 0 aliphatic carbocycles. The molecule has 0 aliphatic heterocycles. The predicted octanol–water partition coefficient (Wildman–Crippen LogP) is -0.900. The van der Waals surface area contributed by atoms with E-state index in [9.17, 15) is 5.11 Å². The third kappa shape index (κ3) is 5.81. The standard InChI is InChI=1S/C11H19NO5/c13-5-9(6-14)12-4-10(15)7-16-8-11-2-1-3-17-11/h1-3,9-10,12-15H,4-8H2. The molecule has 0 aliphatic rings. The Labute approximate surface area is 99.8 Å². The quantitative estimate of drug-likeness (QED) is 0.450. The number of hydrogen-bond donors (Lipinski definition) is 4. The molecular formula is C11H19NO5. The topological polar surface area (TPSA) is 95.1 Å². The molecule has 0 saturated carbocycles. The monoisotopic (exact) mass is 245 g/mol. The maximum absolute atomic E-state index is 9.54. The summed E-state index contributed by atoms with van der Waals surface area (Å²) in [6.07, 6.45) is 0.870. The first-order chi connectivity index (χ1) is 8.26. The van der Waals surface area contributed by atoms with Crippen molar-refractivity contribution in [1.82, 2.24) is 5.32 Å². The summed E-state index contributed by atoms with van der Waals surface area (Å²) in [5.41, 5.74) is 0. The highest BCUT2D eigenvalue weighted by molar-refractivity contribution is 4.96. The molecule has 1 atom stereocenters. The van der Waals surface area contributed by atoms with Gasteiger partial charge in [-0.3, -0.25) is 0 Å². The number of furan rings is 1. The van der Waals surface area contributed by atoms with Crippen LogP contribution in [0.2, 0.25) is 0 Å². The molecule has 0 amide bonds. The first-order valence-corrected chi connectivity index (χ1v) is 5.49. The molecule has 1 aromatic heterocycles. The van der Waals surface area contributed by atoms with Crippen molar-refractivity contribution in [1.29, 1.82) is 0 Å². The molecule has 0 spiro atoms. The van der Waals surface area contributed by atoms with Gasteiger partial charge in [-0.1, -0.05) is 0 Å². The second-order valence-electron chi connectivity index (χ2n) is 3.72. The zero-order valence-corrected chi connectivity index (χ0v) is 9.58. The summed E-state index contributed by atoms with van der Waals surface area (Å²) in [6, 6.07) is 3.15. The molecule has 0 bridgehead atoms. The molecule has 0 saturated heterocycles. The molecule has 6 heteroatoms. The van der Waals surface area contributed by atoms with Crippen LogP contribution in [0.1, 0.15) is 5.76 Å². The van der Waals surface area contributed by atoms with E-state index in [1.807, 2.05) is 0 Å². The van der Waals surface area contributed by atoms with Gasteiger partial charge in [0.25, 0.3) is 0 Å². The number of hydrogen-bond acceptors (Lipinski definition) is 6. The summed E-state index contributed by atoms with van der Waals surface area (Å²) in [6.45, 7) is 0.391. The molecule has 0 fully saturated rings. The van der Waals surface area contributed by atoms with Crippen LogP contribution >= 0.6 is 0 Å². The Morgan fingerprint density at radius 2 is 2.12 bits per heavy atom. The Hall–Kier alpha value is -0.920. The summed E-state index contributed by atoms with van der Waals surface area (Å²) in [5, 5.41) is 29.9. The zero-order valence-electron chi connectivity index (χ0n) is 9.58. The third-order valence-corrected chi connectivity index (χ3v) is 2.22. The van der Waals surface area contributed by atoms with Crippen molar-refractivity contribution in [2.75, 3.05) is 26.4 Å². The average Bonchev–Trinajstić information content (AvgIpc) is 2.83. The van der Waals surface area contributed by atoms with Gasteiger partial charge in [0.2, 0.25) is 0 Å². The first-order valence-electron chi connectivity index (χ1n) is 5.49. The average molecular weight is 245 g/mol. The number of aliphatic hydroxyl groups is 3. The molecule has 0 radical (unpaired) electrons. The van der Waals surface area contributed by atoms with Gasteiger partial charge in [0.1, 0.15) is 12.4 Å². The van der Waals surface area contributed by atoms with E-state index in [0.29, 0.717) is 12.4 Å². The fourth-order valence-corrected chi connectivity index (χ4v) is 1.24. The fraction of sp³-hybridized carbons (Fsp3) is 0.636. The maximum atomic E-state index is 9.54. The number of rotatable bonds is 9. The van der Waals surface area contributed by atoms with Gasteiger partial charge in [0, 0.05) is 6.54 Å². The highest BCUT2D eigenvalue weighted by Crippen LogP contribution is 2.01. The van der Waals surface area contributed by atoms with Gasteiger partial charge in [-0.2, -0.15) is 0 Å². The SMILES string of the molecule is OCC(CO)NCC(O)COCc1ccco1. The van der Waals surface area contributed by atoms with E-state index < -0.39 is 12.1 Å². The Kier molecular flexibility index (Phi) is 6.83. The summed E-state index contributed by atoms with van der Waals surface area (Å²) in [7, 11) is 0. The van der Waals surface area contributed by atoms with Crippen LogP contribution in [0.5, 0.6) is 0 Å². The molecule has 1 unspecified atom stereocenters. The van der Waals surface area contributed by atoms with Crippen LogP contribution in [0.15, 0.2) is 22.8 Å². The molecule has 1 rings (SSSR count). The van der Waals surface area contributed by atoms with Gasteiger partial charge in [-0.25, -0.2) is 0 Å². The minimum Gasteiger partial charge on any atom is -0.467 e. The first kappa shape index (κ1) is 14.1. The third-order valence-electron chi connectivity index (χ3n) is 2.22. The fourth-order valence-electron chi connectivity index (χ4n) is 1.24. The van der Waals surface area contributed by atoms with Crippen molar-refractivity contribution in [3.8, 4) is 0 Å². The second kappa shape index (κ2) is 8.21. The van der Waals surface area contributed by atoms with Crippen LogP contribution in [-0.4, -0.2) is 53.8 Å². The van der Waals surface area contributed by atoms with Gasteiger partial charge in [-0.15, -0.1) is 0 Å². The highest BCUT2D eigenvalue weighted by Gasteiger charge is 2.09. The molecule has 6 nitrogen and oxygen atoms in total. The normalized spacial score (nSPS) is 13.2. The lowest BCUT2D eigenvalue weighted by Crippen LogP contribution is -2.41. The lowest BCUT2D eigenvalue weighted by Gasteiger charge is -2.16. The number of nitrogens with one attached hydrogen (secondary N) is 1. The smallest absolute Gasteiger partial charge is 0.129 e. The summed E-state index contributed by atoms with van der Waals surface area (Å²) >= 11 is 0. The number of aliphatic hydroxyl groups excluding tert-OH is 3. The summed E-state index contributed by atoms with van der Waals surface area (Å²) < 4.78 is 10.3. The predicted molar refractivity (Wildman–Crippen MR) is 60.3 cm³/mol. The van der Waals surface area contributed by atoms with E-state index in [4.69, 9.17) is 19.4 Å². The van der Waals surface area contributed by atoms with Crippen LogP contribution in [0.3, 0.4) is 0 Å². The van der Waals surface area contributed by atoms with Gasteiger partial charge in [-0.05, 0) is 12.1 Å². The van der Waals surface area contributed by atoms with E-state index in [0.717, 1.165) is 0 Å². The lowest BCUT2D eigenvalue weighted by molar-refractivity contribution is 0.0193. The minimum absolute atomic E-state index is 0.164. The Morgan fingerprint density at radius 3 is 2.71 bits per heavy atom. The Balaban J connectivity index is 2.06. The Bertz CT molecular complexity index is 273. The minimum atomic E-state index is -0.689. The molecule has 98 valence electrons. The van der Waals surface area contributed by atoms with E-state index in [1.54, 1.807) is 18.4 Å². The highest BCUT2D eigenvalue weighted by atomic mass is 16.5. The van der Waals surface area contributed by atoms with Crippen LogP contribution in [-0.2, 0) is 11.3 Å². The van der Waals surface area contributed by atoms with Gasteiger partial charge < -0.3 is 29.8 Å². The summed E-state index contributed by atoms with van der Waals surface area (Å²) in [4.78, 5) is 0. The molecule has 4 N–H and O–H groups in total. The van der Waals surface area contributed by atoms with E-state index >= 15 is 0 Å². The molecule has 0 aromatic carbocycles. The maximum Gasteiger partial charge on any atom is 0.129 e. The van der Waals surface area contributed by atoms with E-state index in [2.05, 4.69) is 5.32 Å².